The van der Waals surface area contributed by atoms with Gasteiger partial charge in [0, 0.05) is 30.8 Å². The van der Waals surface area contributed by atoms with Gasteiger partial charge in [-0.05, 0) is 110 Å². The highest BCUT2D eigenvalue weighted by Crippen LogP contribution is 2.17. The molecule has 0 saturated carbocycles. The number of phenols is 2. The van der Waals surface area contributed by atoms with Gasteiger partial charge in [0.2, 0.25) is 65.0 Å². The molecule has 13 atom stereocenters. The Hall–Kier alpha value is -8.74. The Morgan fingerprint density at radius 3 is 1.27 bits per heavy atom. The Kier molecular flexibility index (Phi) is 38.1. The van der Waals surface area contributed by atoms with E-state index in [9.17, 15) is 93.0 Å². The SMILES string of the molecule is CSCC[C@H](NC(=O)[C@H](CC(C)C)NC(=O)[C@H](Cc1ccc(O)cc1)NC(=O)[C@H](CCCCN)NC(=O)[C@H](Cc1ccc(O)cc1)NC(=O)[C@H](CC(=O)O)NC(=O)[C@@H](NC(=O)[C@H](CO)NC(=O)[C@H](Cc1ccccc1)NC(=O)[C@@H](NC(=O)[C@@H](N)CS)[C@@H](C)O)C(C)C)C(=O)N[C@@H](CS)C(=O)O. The molecule has 0 aliphatic carbocycles. The van der Waals surface area contributed by atoms with Crippen LogP contribution in [0, 0.1) is 11.8 Å². The van der Waals surface area contributed by atoms with Gasteiger partial charge in [-0.2, -0.15) is 37.0 Å². The number of hydrogen-bond donors (Lipinski definition) is 21. The first kappa shape index (κ1) is 86.5. The first-order chi connectivity index (χ1) is 47.7. The van der Waals surface area contributed by atoms with Crippen molar-refractivity contribution < 1.29 is 93.0 Å². The maximum Gasteiger partial charge on any atom is 0.327 e. The molecule has 0 saturated heterocycles. The summed E-state index contributed by atoms with van der Waals surface area (Å²) in [5.41, 5.74) is 12.8. The number of benzene rings is 3. The number of rotatable bonds is 45. The molecular formula is C66H97N13O19S3. The normalized spacial score (nSPS) is 15.1. The number of nitrogens with two attached hydrogens (primary N) is 2. The van der Waals surface area contributed by atoms with Crippen molar-refractivity contribution >= 4 is 114 Å². The highest BCUT2D eigenvalue weighted by molar-refractivity contribution is 7.98. The van der Waals surface area contributed by atoms with Gasteiger partial charge in [-0.1, -0.05) is 82.3 Å². The number of hydrogen-bond acceptors (Lipinski definition) is 22. The standard InChI is InChI=1S/C66H97N13O19S3/c1-34(2)26-45(58(89)70-44(23-25-101-6)57(88)77-51(33-100)66(97)98)71-60(91)47(29-39-17-21-41(83)22-18-39)72-56(87)43(14-10-11-24-67)69-59(90)46(28-38-15-19-40(82)20-16-38)73-62(93)49(30-52(84)85)75-64(95)53(35(3)4)78-63(94)50(31-80)76-61(92)48(27-37-12-8-7-9-13-37)74-65(96)54(36(5)81)79-55(86)42(68)32-99/h7-9,12-13,15-22,34-36,42-51,53-54,80-83,99-100H,10-11,14,23-33,67-68H2,1-6H3,(H,69,90)(H,70,89)(H,71,91)(H,72,87)(H,73,93)(H,74,96)(H,75,95)(H,76,92)(H,77,88)(H,78,94)(H,79,86)(H,84,85)(H,97,98)/t36-,42+,43+,44+,45+,46+,47+,48+,49+,50+,51+,53+,54+/m1/s1. The summed E-state index contributed by atoms with van der Waals surface area (Å²) in [5, 5.41) is 88.2. The number of carbonyl (C=O) groups is 13. The third-order valence-corrected chi connectivity index (χ3v) is 17.0. The Labute approximate surface area is 600 Å². The van der Waals surface area contributed by atoms with E-state index in [1.165, 1.54) is 81.1 Å². The van der Waals surface area contributed by atoms with Gasteiger partial charge < -0.3 is 101 Å². The van der Waals surface area contributed by atoms with Crippen molar-refractivity contribution in [2.75, 3.05) is 36.7 Å². The van der Waals surface area contributed by atoms with Crippen molar-refractivity contribution in [2.24, 2.45) is 23.3 Å². The van der Waals surface area contributed by atoms with Crippen LogP contribution in [-0.4, -0.2) is 223 Å². The van der Waals surface area contributed by atoms with Crippen LogP contribution in [0.15, 0.2) is 78.9 Å². The van der Waals surface area contributed by atoms with Gasteiger partial charge in [-0.3, -0.25) is 57.5 Å². The number of amides is 11. The lowest BCUT2D eigenvalue weighted by atomic mass is 9.99. The van der Waals surface area contributed by atoms with Crippen molar-refractivity contribution in [1.29, 1.82) is 0 Å². The molecule has 0 heterocycles. The molecule has 32 nitrogen and oxygen atoms in total. The predicted molar refractivity (Wildman–Crippen MR) is 380 cm³/mol. The van der Waals surface area contributed by atoms with Crippen molar-refractivity contribution in [3.8, 4) is 11.5 Å². The molecule has 21 N–H and O–H groups in total. The number of carbonyl (C=O) groups excluding carboxylic acids is 11. The van der Waals surface area contributed by atoms with Gasteiger partial charge in [0.1, 0.15) is 78.0 Å². The highest BCUT2D eigenvalue weighted by atomic mass is 32.2. The van der Waals surface area contributed by atoms with E-state index in [0.29, 0.717) is 28.9 Å². The van der Waals surface area contributed by atoms with Gasteiger partial charge in [0.05, 0.1) is 25.2 Å². The summed E-state index contributed by atoms with van der Waals surface area (Å²) in [7, 11) is 0. The van der Waals surface area contributed by atoms with Gasteiger partial charge >= 0.3 is 11.9 Å². The Balaban J connectivity index is 2.00. The molecule has 0 aliphatic rings. The lowest BCUT2D eigenvalue weighted by molar-refractivity contribution is -0.142. The molecule has 0 radical (unpaired) electrons. The summed E-state index contributed by atoms with van der Waals surface area (Å²) in [6.45, 7) is 6.68. The lowest BCUT2D eigenvalue weighted by Gasteiger charge is -2.29. The van der Waals surface area contributed by atoms with Crippen LogP contribution in [0.4, 0.5) is 0 Å². The van der Waals surface area contributed by atoms with Gasteiger partial charge in [0.15, 0.2) is 0 Å². The number of phenolic OH excluding ortho intramolecular Hbond substituents is 2. The van der Waals surface area contributed by atoms with E-state index in [-0.39, 0.29) is 74.0 Å². The molecule has 3 rings (SSSR count). The van der Waals surface area contributed by atoms with Crippen molar-refractivity contribution in [1.82, 2.24) is 58.5 Å². The number of aliphatic hydroxyl groups is 2. The second-order valence-corrected chi connectivity index (χ2v) is 26.4. The summed E-state index contributed by atoms with van der Waals surface area (Å²) in [4.78, 5) is 179. The van der Waals surface area contributed by atoms with Gasteiger partial charge in [-0.15, -0.1) is 0 Å². The molecule has 11 amide bonds. The van der Waals surface area contributed by atoms with E-state index in [0.717, 1.165) is 0 Å². The zero-order valence-corrected chi connectivity index (χ0v) is 59.6. The van der Waals surface area contributed by atoms with Crippen LogP contribution in [0.1, 0.15) is 89.8 Å². The van der Waals surface area contributed by atoms with Crippen LogP contribution in [-0.2, 0) is 81.6 Å². The zero-order valence-electron chi connectivity index (χ0n) is 57.0. The number of nitrogens with one attached hydrogen (secondary N) is 11. The number of thiol groups is 2. The smallest absolute Gasteiger partial charge is 0.327 e. The Bertz CT molecular complexity index is 3250. The molecule has 0 spiro atoms. The fourth-order valence-corrected chi connectivity index (χ4v) is 10.8. The number of aliphatic carboxylic acids is 2. The fraction of sp³-hybridized carbons (Fsp3) is 0.530. The number of carboxylic acid groups (broad SMARTS) is 2. The molecule has 3 aromatic rings. The third kappa shape index (κ3) is 30.6. The highest BCUT2D eigenvalue weighted by Gasteiger charge is 2.38. The minimum Gasteiger partial charge on any atom is -0.508 e. The fourth-order valence-electron chi connectivity index (χ4n) is 9.91. The number of carboxylic acids is 2. The molecule has 3 aromatic carbocycles. The minimum atomic E-state index is -2.02. The molecule has 0 aromatic heterocycles. The third-order valence-electron chi connectivity index (χ3n) is 15.6. The van der Waals surface area contributed by atoms with E-state index in [4.69, 9.17) is 11.5 Å². The molecular weight excluding hydrogens is 1370 g/mol. The summed E-state index contributed by atoms with van der Waals surface area (Å²) < 4.78 is 0. The molecule has 0 fully saturated rings. The lowest BCUT2D eigenvalue weighted by Crippen LogP contribution is -2.62. The quantitative estimate of drug-likeness (QED) is 0.0200. The molecule has 35 heteroatoms. The second-order valence-electron chi connectivity index (χ2n) is 24.7. The largest absolute Gasteiger partial charge is 0.508 e. The van der Waals surface area contributed by atoms with Crippen LogP contribution in [0.5, 0.6) is 11.5 Å². The van der Waals surface area contributed by atoms with Crippen molar-refractivity contribution in [2.45, 2.75) is 171 Å². The maximum atomic E-state index is 14.8. The number of aliphatic hydroxyl groups excluding tert-OH is 2. The summed E-state index contributed by atoms with van der Waals surface area (Å²) in [6, 6.07) is 0.524. The van der Waals surface area contributed by atoms with Crippen LogP contribution < -0.4 is 70.0 Å². The Morgan fingerprint density at radius 1 is 0.455 bits per heavy atom. The average Bonchev–Trinajstić information content (AvgIpc) is 1.33. The molecule has 101 heavy (non-hydrogen) atoms. The maximum absolute atomic E-state index is 14.8. The first-order valence-corrected chi connectivity index (χ1v) is 35.3. The van der Waals surface area contributed by atoms with Crippen LogP contribution in [0.2, 0.25) is 0 Å². The number of thioether (sulfide) groups is 1. The molecule has 0 bridgehead atoms. The van der Waals surface area contributed by atoms with Crippen LogP contribution in [0.25, 0.3) is 0 Å². The summed E-state index contributed by atoms with van der Waals surface area (Å²) in [6.07, 6.45) is -1.33. The predicted octanol–water partition coefficient (Wildman–Crippen LogP) is -2.84. The topological polar surface area (TPSA) is 528 Å². The van der Waals surface area contributed by atoms with Crippen molar-refractivity contribution in [3.05, 3.63) is 95.6 Å². The minimum absolute atomic E-state index is 0.00218. The van der Waals surface area contributed by atoms with Gasteiger partial charge in [-0.25, -0.2) is 4.79 Å². The zero-order chi connectivity index (χ0) is 75.6. The van der Waals surface area contributed by atoms with E-state index in [1.54, 1.807) is 50.4 Å². The molecule has 0 aliphatic heterocycles. The monoisotopic (exact) mass is 1470 g/mol. The summed E-state index contributed by atoms with van der Waals surface area (Å²) >= 11 is 9.35. The van der Waals surface area contributed by atoms with E-state index in [1.807, 2.05) is 0 Å². The van der Waals surface area contributed by atoms with Gasteiger partial charge in [0.25, 0.3) is 0 Å². The number of aromatic hydroxyl groups is 2. The Morgan fingerprint density at radius 2 is 0.842 bits per heavy atom. The number of unbranched alkanes of at least 4 members (excludes halogenated alkanes) is 1. The first-order valence-electron chi connectivity index (χ1n) is 32.6. The summed E-state index contributed by atoms with van der Waals surface area (Å²) in [5.74, 6) is -15.5. The second kappa shape index (κ2) is 44.5. The van der Waals surface area contributed by atoms with Crippen LogP contribution in [0.3, 0.4) is 0 Å². The molecule has 0 unspecified atom stereocenters. The van der Waals surface area contributed by atoms with E-state index < -0.39 is 181 Å². The van der Waals surface area contributed by atoms with Crippen LogP contribution >= 0.6 is 37.0 Å². The van der Waals surface area contributed by atoms with E-state index in [2.05, 4.69) is 83.7 Å². The average molecular weight is 1470 g/mol. The molecule has 558 valence electrons. The van der Waals surface area contributed by atoms with Crippen molar-refractivity contribution in [3.63, 3.8) is 0 Å². The van der Waals surface area contributed by atoms with E-state index >= 15 is 0 Å².